The quantitative estimate of drug-likeness (QED) is 0.488. The molecule has 0 saturated carbocycles. The van der Waals surface area contributed by atoms with Crippen molar-refractivity contribution in [1.82, 2.24) is 4.90 Å². The number of nitrogens with zero attached hydrogens (tertiary/aromatic N) is 1. The van der Waals surface area contributed by atoms with Crippen LogP contribution in [0.1, 0.15) is 52.5 Å². The van der Waals surface area contributed by atoms with E-state index < -0.39 is 0 Å². The number of benzene rings is 1. The fraction of sp³-hybridized carbons (Fsp3) is 0.545. The summed E-state index contributed by atoms with van der Waals surface area (Å²) in [7, 11) is 2.21. The fourth-order valence-corrected chi connectivity index (χ4v) is 2.80. The van der Waals surface area contributed by atoms with Crippen LogP contribution in [0.3, 0.4) is 0 Å². The highest BCUT2D eigenvalue weighted by atomic mass is 15.2. The van der Waals surface area contributed by atoms with Gasteiger partial charge < -0.3 is 0 Å². The average Bonchev–Trinajstić information content (AvgIpc) is 2.53. The van der Waals surface area contributed by atoms with E-state index in [1.54, 1.807) is 0 Å². The van der Waals surface area contributed by atoms with Crippen molar-refractivity contribution in [2.75, 3.05) is 13.6 Å². The van der Waals surface area contributed by atoms with Gasteiger partial charge in [-0.1, -0.05) is 61.6 Å². The molecule has 1 unspecified atom stereocenters. The van der Waals surface area contributed by atoms with Gasteiger partial charge in [-0.3, -0.25) is 4.90 Å². The van der Waals surface area contributed by atoms with E-state index in [4.69, 9.17) is 0 Å². The van der Waals surface area contributed by atoms with Crippen LogP contribution in [0.25, 0.3) is 0 Å². The minimum Gasteiger partial charge on any atom is -0.297 e. The predicted octanol–water partition coefficient (Wildman–Crippen LogP) is 5.88. The number of hydrogen-bond acceptors (Lipinski definition) is 1. The van der Waals surface area contributed by atoms with Crippen molar-refractivity contribution < 1.29 is 0 Å². The van der Waals surface area contributed by atoms with Crippen LogP contribution in [-0.2, 0) is 6.42 Å². The molecule has 1 atom stereocenters. The molecule has 0 bridgehead atoms. The smallest absolute Gasteiger partial charge is 0.0356 e. The van der Waals surface area contributed by atoms with Gasteiger partial charge in [-0.25, -0.2) is 0 Å². The molecule has 0 aliphatic rings. The first-order valence-corrected chi connectivity index (χ1v) is 8.87. The highest BCUT2D eigenvalue weighted by molar-refractivity contribution is 5.15. The minimum atomic E-state index is 0.0334. The second kappa shape index (κ2) is 9.08. The first kappa shape index (κ1) is 19.7. The maximum Gasteiger partial charge on any atom is 0.0356 e. The third-order valence-corrected chi connectivity index (χ3v) is 5.39. The molecule has 0 saturated heterocycles. The van der Waals surface area contributed by atoms with Gasteiger partial charge in [-0.15, -0.1) is 0 Å². The fourth-order valence-electron chi connectivity index (χ4n) is 2.80. The first-order valence-electron chi connectivity index (χ1n) is 8.87. The van der Waals surface area contributed by atoms with Gasteiger partial charge in [0.1, 0.15) is 0 Å². The number of rotatable bonds is 10. The van der Waals surface area contributed by atoms with E-state index in [1.165, 1.54) is 29.6 Å². The van der Waals surface area contributed by atoms with Gasteiger partial charge in [-0.05, 0) is 65.0 Å². The zero-order valence-electron chi connectivity index (χ0n) is 15.9. The van der Waals surface area contributed by atoms with Crippen molar-refractivity contribution in [2.24, 2.45) is 5.92 Å². The van der Waals surface area contributed by atoms with Gasteiger partial charge in [0, 0.05) is 12.1 Å². The molecule has 0 aromatic heterocycles. The SMILES string of the molecule is C=C(CC)C(CCCc1ccccc1)CN(C)C(C)(C)C(=C)C. The Labute approximate surface area is 144 Å². The summed E-state index contributed by atoms with van der Waals surface area (Å²) in [5.41, 5.74) is 4.06. The van der Waals surface area contributed by atoms with Crippen molar-refractivity contribution in [2.45, 2.75) is 58.9 Å². The predicted molar refractivity (Wildman–Crippen MR) is 104 cm³/mol. The third kappa shape index (κ3) is 5.99. The highest BCUT2D eigenvalue weighted by Crippen LogP contribution is 2.27. The largest absolute Gasteiger partial charge is 0.297 e. The lowest BCUT2D eigenvalue weighted by atomic mass is 9.88. The molecule has 1 rings (SSSR count). The van der Waals surface area contributed by atoms with Crippen LogP contribution in [0.15, 0.2) is 54.6 Å². The molecule has 1 nitrogen and oxygen atoms in total. The molecule has 0 aliphatic carbocycles. The standard InChI is InChI=1S/C22H35N/c1-8-19(4)21(17-23(7)22(5,6)18(2)3)16-12-15-20-13-10-9-11-14-20/h9-11,13-14,21H,2,4,8,12,15-17H2,1,3,5-7H3. The van der Waals surface area contributed by atoms with Gasteiger partial charge in [0.15, 0.2) is 0 Å². The second-order valence-corrected chi connectivity index (χ2v) is 7.31. The maximum atomic E-state index is 4.33. The van der Waals surface area contributed by atoms with E-state index >= 15 is 0 Å². The lowest BCUT2D eigenvalue weighted by Gasteiger charge is -2.39. The highest BCUT2D eigenvalue weighted by Gasteiger charge is 2.26. The van der Waals surface area contributed by atoms with Crippen LogP contribution in [0.2, 0.25) is 0 Å². The Morgan fingerprint density at radius 3 is 2.30 bits per heavy atom. The summed E-state index contributed by atoms with van der Waals surface area (Å²) < 4.78 is 0. The van der Waals surface area contributed by atoms with Crippen LogP contribution >= 0.6 is 0 Å². The van der Waals surface area contributed by atoms with Crippen LogP contribution in [-0.4, -0.2) is 24.0 Å². The minimum absolute atomic E-state index is 0.0334. The summed E-state index contributed by atoms with van der Waals surface area (Å²) in [6, 6.07) is 10.8. The van der Waals surface area contributed by atoms with E-state index in [0.29, 0.717) is 5.92 Å². The Hall–Kier alpha value is -1.34. The van der Waals surface area contributed by atoms with Crippen molar-refractivity contribution >= 4 is 0 Å². The topological polar surface area (TPSA) is 3.24 Å². The van der Waals surface area contributed by atoms with Gasteiger partial charge >= 0.3 is 0 Å². The summed E-state index contributed by atoms with van der Waals surface area (Å²) in [6.45, 7) is 18.4. The number of aryl methyl sites for hydroxylation is 1. The molecule has 0 radical (unpaired) electrons. The summed E-state index contributed by atoms with van der Waals surface area (Å²) in [6.07, 6.45) is 4.65. The number of hydrogen-bond donors (Lipinski definition) is 0. The average molecular weight is 314 g/mol. The Balaban J connectivity index is 2.62. The Bertz CT molecular complexity index is 498. The molecule has 1 heteroatoms. The molecule has 1 aromatic carbocycles. The Kier molecular flexibility index (Phi) is 7.78. The van der Waals surface area contributed by atoms with Crippen LogP contribution < -0.4 is 0 Å². The molecule has 0 N–H and O–H groups in total. The Morgan fingerprint density at radius 2 is 1.78 bits per heavy atom. The maximum absolute atomic E-state index is 4.33. The molecule has 128 valence electrons. The first-order chi connectivity index (χ1) is 10.8. The van der Waals surface area contributed by atoms with Gasteiger partial charge in [0.05, 0.1) is 0 Å². The zero-order chi connectivity index (χ0) is 17.5. The van der Waals surface area contributed by atoms with Crippen molar-refractivity contribution in [1.29, 1.82) is 0 Å². The van der Waals surface area contributed by atoms with Gasteiger partial charge in [0.25, 0.3) is 0 Å². The molecule has 0 amide bonds. The monoisotopic (exact) mass is 313 g/mol. The molecule has 0 fully saturated rings. The van der Waals surface area contributed by atoms with Crippen LogP contribution in [0.4, 0.5) is 0 Å². The van der Waals surface area contributed by atoms with Gasteiger partial charge in [0.2, 0.25) is 0 Å². The summed E-state index contributed by atoms with van der Waals surface area (Å²) in [4.78, 5) is 2.43. The molecule has 0 aliphatic heterocycles. The van der Waals surface area contributed by atoms with Crippen molar-refractivity contribution in [3.05, 3.63) is 60.2 Å². The molecule has 23 heavy (non-hydrogen) atoms. The van der Waals surface area contributed by atoms with Crippen molar-refractivity contribution in [3.63, 3.8) is 0 Å². The van der Waals surface area contributed by atoms with E-state index in [9.17, 15) is 0 Å². The Morgan fingerprint density at radius 1 is 1.17 bits per heavy atom. The number of likely N-dealkylation sites (N-methyl/N-ethyl adjacent to an activating group) is 1. The van der Waals surface area contributed by atoms with E-state index in [1.807, 2.05) is 0 Å². The van der Waals surface area contributed by atoms with Crippen LogP contribution in [0, 0.1) is 5.92 Å². The third-order valence-electron chi connectivity index (χ3n) is 5.39. The summed E-state index contributed by atoms with van der Waals surface area (Å²) in [5, 5.41) is 0. The van der Waals surface area contributed by atoms with E-state index in [-0.39, 0.29) is 5.54 Å². The molecule has 1 aromatic rings. The molecule has 0 spiro atoms. The van der Waals surface area contributed by atoms with E-state index in [0.717, 1.165) is 19.4 Å². The lowest BCUT2D eigenvalue weighted by Crippen LogP contribution is -2.44. The summed E-state index contributed by atoms with van der Waals surface area (Å²) in [5.74, 6) is 0.562. The van der Waals surface area contributed by atoms with Gasteiger partial charge in [-0.2, -0.15) is 0 Å². The molecular weight excluding hydrogens is 278 g/mol. The van der Waals surface area contributed by atoms with Crippen molar-refractivity contribution in [3.8, 4) is 0 Å². The van der Waals surface area contributed by atoms with E-state index in [2.05, 4.69) is 83.1 Å². The molecule has 0 heterocycles. The molecular formula is C22H35N. The van der Waals surface area contributed by atoms with Crippen LogP contribution in [0.5, 0.6) is 0 Å². The summed E-state index contributed by atoms with van der Waals surface area (Å²) >= 11 is 0. The lowest BCUT2D eigenvalue weighted by molar-refractivity contribution is 0.167. The second-order valence-electron chi connectivity index (χ2n) is 7.31. The zero-order valence-corrected chi connectivity index (χ0v) is 15.9. The normalized spacial score (nSPS) is 13.1.